The molecule has 162 valence electrons. The summed E-state index contributed by atoms with van der Waals surface area (Å²) in [5.74, 6) is -0.0865. The van der Waals surface area contributed by atoms with E-state index in [0.717, 1.165) is 35.7 Å². The summed E-state index contributed by atoms with van der Waals surface area (Å²) < 4.78 is 0.546. The van der Waals surface area contributed by atoms with Crippen LogP contribution in [0.15, 0.2) is 83.8 Å². The number of nitrogens with zero attached hydrogens (tertiary/aromatic N) is 2. The summed E-state index contributed by atoms with van der Waals surface area (Å²) in [6, 6.07) is 26.0. The number of hydrogen-bond acceptors (Lipinski definition) is 5. The number of carbonyl (C=O) groups is 1. The Morgan fingerprint density at radius 3 is 2.16 bits per heavy atom. The van der Waals surface area contributed by atoms with Gasteiger partial charge in [0.1, 0.15) is 0 Å². The van der Waals surface area contributed by atoms with Gasteiger partial charge < -0.3 is 10.2 Å². The van der Waals surface area contributed by atoms with Crippen LogP contribution in [0.4, 0.5) is 22.7 Å². The van der Waals surface area contributed by atoms with Gasteiger partial charge in [0.25, 0.3) is 5.91 Å². The van der Waals surface area contributed by atoms with Crippen LogP contribution >= 0.6 is 24.0 Å². The smallest absolute Gasteiger partial charge is 0.270 e. The number of nitrogens with one attached hydrogen (secondary N) is 1. The van der Waals surface area contributed by atoms with Gasteiger partial charge in [-0.2, -0.15) is 0 Å². The number of anilines is 4. The van der Waals surface area contributed by atoms with Gasteiger partial charge in [-0.1, -0.05) is 54.3 Å². The van der Waals surface area contributed by atoms with E-state index in [-0.39, 0.29) is 5.91 Å². The average Bonchev–Trinajstić information content (AvgIpc) is 3.09. The second-order valence-corrected chi connectivity index (χ2v) is 8.99. The molecule has 0 radical (unpaired) electrons. The molecule has 0 saturated carbocycles. The molecular formula is C26H25N3OS2. The van der Waals surface area contributed by atoms with Gasteiger partial charge in [0.2, 0.25) is 0 Å². The first kappa shape index (κ1) is 22.1. The van der Waals surface area contributed by atoms with E-state index in [4.69, 9.17) is 12.2 Å². The number of carbonyl (C=O) groups excluding carboxylic acids is 1. The SMILES string of the molecule is CCN(CC)c1ccc(/C=C2\SC(=S)N(c3ccc(Nc4ccccc4)cc3)C2=O)cc1. The first-order valence-electron chi connectivity index (χ1n) is 10.6. The van der Waals surface area contributed by atoms with Crippen molar-refractivity contribution in [2.24, 2.45) is 0 Å². The summed E-state index contributed by atoms with van der Waals surface area (Å²) >= 11 is 6.86. The predicted molar refractivity (Wildman–Crippen MR) is 142 cm³/mol. The van der Waals surface area contributed by atoms with Crippen LogP contribution in [-0.4, -0.2) is 23.3 Å². The van der Waals surface area contributed by atoms with Crippen LogP contribution in [-0.2, 0) is 4.79 Å². The number of hydrogen-bond donors (Lipinski definition) is 1. The summed E-state index contributed by atoms with van der Waals surface area (Å²) in [5.41, 5.74) is 4.91. The van der Waals surface area contributed by atoms with Crippen molar-refractivity contribution in [3.63, 3.8) is 0 Å². The lowest BCUT2D eigenvalue weighted by Gasteiger charge is -2.20. The molecule has 1 fully saturated rings. The van der Waals surface area contributed by atoms with Crippen LogP contribution in [0.2, 0.25) is 0 Å². The zero-order valence-electron chi connectivity index (χ0n) is 18.1. The van der Waals surface area contributed by atoms with Crippen molar-refractivity contribution in [2.45, 2.75) is 13.8 Å². The molecule has 1 aliphatic heterocycles. The van der Waals surface area contributed by atoms with E-state index < -0.39 is 0 Å². The fourth-order valence-corrected chi connectivity index (χ4v) is 4.89. The molecule has 3 aromatic rings. The number of thioether (sulfide) groups is 1. The van der Waals surface area contributed by atoms with Gasteiger partial charge in [-0.3, -0.25) is 9.69 Å². The lowest BCUT2D eigenvalue weighted by molar-refractivity contribution is -0.113. The zero-order valence-corrected chi connectivity index (χ0v) is 19.7. The molecule has 1 aliphatic rings. The molecule has 32 heavy (non-hydrogen) atoms. The highest BCUT2D eigenvalue weighted by Crippen LogP contribution is 2.36. The van der Waals surface area contributed by atoms with E-state index in [0.29, 0.717) is 9.23 Å². The molecule has 0 unspecified atom stereocenters. The van der Waals surface area contributed by atoms with E-state index in [1.807, 2.05) is 72.8 Å². The van der Waals surface area contributed by atoms with Gasteiger partial charge in [-0.25, -0.2) is 0 Å². The monoisotopic (exact) mass is 459 g/mol. The molecule has 1 saturated heterocycles. The van der Waals surface area contributed by atoms with Crippen molar-refractivity contribution in [1.29, 1.82) is 0 Å². The van der Waals surface area contributed by atoms with Crippen LogP contribution < -0.4 is 15.1 Å². The van der Waals surface area contributed by atoms with E-state index in [2.05, 4.69) is 36.2 Å². The first-order valence-corrected chi connectivity index (χ1v) is 11.9. The van der Waals surface area contributed by atoms with Gasteiger partial charge in [0, 0.05) is 30.2 Å². The van der Waals surface area contributed by atoms with Crippen molar-refractivity contribution in [1.82, 2.24) is 0 Å². The van der Waals surface area contributed by atoms with E-state index in [1.54, 1.807) is 4.90 Å². The lowest BCUT2D eigenvalue weighted by atomic mass is 10.1. The Balaban J connectivity index is 1.49. The van der Waals surface area contributed by atoms with Crippen LogP contribution in [0.25, 0.3) is 6.08 Å². The van der Waals surface area contributed by atoms with Gasteiger partial charge in [-0.15, -0.1) is 0 Å². The predicted octanol–water partition coefficient (Wildman–Crippen LogP) is 6.68. The maximum Gasteiger partial charge on any atom is 0.270 e. The van der Waals surface area contributed by atoms with E-state index >= 15 is 0 Å². The number of benzene rings is 3. The van der Waals surface area contributed by atoms with Crippen LogP contribution in [0.5, 0.6) is 0 Å². The molecule has 0 bridgehead atoms. The Morgan fingerprint density at radius 2 is 1.53 bits per heavy atom. The summed E-state index contributed by atoms with van der Waals surface area (Å²) in [6.45, 7) is 6.22. The first-order chi connectivity index (χ1) is 15.6. The van der Waals surface area contributed by atoms with Gasteiger partial charge in [0.05, 0.1) is 10.6 Å². The van der Waals surface area contributed by atoms with Crippen molar-refractivity contribution in [2.75, 3.05) is 28.2 Å². The third kappa shape index (κ3) is 4.87. The highest BCUT2D eigenvalue weighted by Gasteiger charge is 2.33. The van der Waals surface area contributed by atoms with Crippen molar-refractivity contribution in [3.05, 3.63) is 89.3 Å². The van der Waals surface area contributed by atoms with Crippen LogP contribution in [0.1, 0.15) is 19.4 Å². The third-order valence-electron chi connectivity index (χ3n) is 5.30. The number of amides is 1. The number of thiocarbonyl (C=S) groups is 1. The highest BCUT2D eigenvalue weighted by molar-refractivity contribution is 8.27. The summed E-state index contributed by atoms with van der Waals surface area (Å²) in [4.78, 5) is 17.6. The molecule has 0 atom stereocenters. The standard InChI is InChI=1S/C26H25N3OS2/c1-3-28(4-2)22-14-10-19(11-15-22)18-24-25(30)29(26(31)32-24)23-16-12-21(13-17-23)27-20-8-6-5-7-9-20/h5-18,27H,3-4H2,1-2H3/b24-18-. The fraction of sp³-hybridized carbons (Fsp3) is 0.154. The second kappa shape index (κ2) is 10.0. The fourth-order valence-electron chi connectivity index (χ4n) is 3.59. The van der Waals surface area contributed by atoms with Crippen molar-refractivity contribution < 1.29 is 4.79 Å². The van der Waals surface area contributed by atoms with Crippen molar-refractivity contribution in [3.8, 4) is 0 Å². The molecule has 4 rings (SSSR count). The maximum atomic E-state index is 13.1. The molecule has 4 nitrogen and oxygen atoms in total. The molecular weight excluding hydrogens is 434 g/mol. The molecule has 1 heterocycles. The largest absolute Gasteiger partial charge is 0.372 e. The number of para-hydroxylation sites is 1. The summed E-state index contributed by atoms with van der Waals surface area (Å²) in [5, 5.41) is 3.35. The minimum atomic E-state index is -0.0865. The Bertz CT molecular complexity index is 1120. The average molecular weight is 460 g/mol. The molecule has 6 heteroatoms. The van der Waals surface area contributed by atoms with E-state index in [1.165, 1.54) is 17.4 Å². The quantitative estimate of drug-likeness (QED) is 0.315. The minimum absolute atomic E-state index is 0.0865. The van der Waals surface area contributed by atoms with Crippen molar-refractivity contribution >= 4 is 63.0 Å². The van der Waals surface area contributed by atoms with Gasteiger partial charge >= 0.3 is 0 Å². The van der Waals surface area contributed by atoms with E-state index in [9.17, 15) is 4.79 Å². The highest BCUT2D eigenvalue weighted by atomic mass is 32.2. The Labute approximate surface area is 198 Å². The topological polar surface area (TPSA) is 35.6 Å². The van der Waals surface area contributed by atoms with Crippen LogP contribution in [0, 0.1) is 0 Å². The lowest BCUT2D eigenvalue weighted by Crippen LogP contribution is -2.27. The third-order valence-corrected chi connectivity index (χ3v) is 6.60. The second-order valence-electron chi connectivity index (χ2n) is 7.32. The normalized spacial score (nSPS) is 14.8. The summed E-state index contributed by atoms with van der Waals surface area (Å²) in [7, 11) is 0. The zero-order chi connectivity index (χ0) is 22.5. The summed E-state index contributed by atoms with van der Waals surface area (Å²) in [6.07, 6.45) is 1.91. The van der Waals surface area contributed by atoms with Crippen LogP contribution in [0.3, 0.4) is 0 Å². The Morgan fingerprint density at radius 1 is 0.906 bits per heavy atom. The Kier molecular flexibility index (Phi) is 6.93. The molecule has 1 N–H and O–H groups in total. The van der Waals surface area contributed by atoms with Gasteiger partial charge in [0.15, 0.2) is 4.32 Å². The van der Waals surface area contributed by atoms with Gasteiger partial charge in [-0.05, 0) is 74.0 Å². The Hall–Kier alpha value is -3.09. The minimum Gasteiger partial charge on any atom is -0.372 e. The maximum absolute atomic E-state index is 13.1. The molecule has 3 aromatic carbocycles. The molecule has 0 aromatic heterocycles. The molecule has 0 spiro atoms. The molecule has 0 aliphatic carbocycles. The number of rotatable bonds is 7. The molecule has 1 amide bonds.